The zero-order valence-electron chi connectivity index (χ0n) is 8.63. The second-order valence-corrected chi connectivity index (χ2v) is 3.62. The highest BCUT2D eigenvalue weighted by molar-refractivity contribution is 6.06. The molecule has 1 aliphatic rings. The van der Waals surface area contributed by atoms with Crippen LogP contribution in [0.2, 0.25) is 0 Å². The molecular weight excluding hydrogens is 164 g/mol. The number of amides is 1. The van der Waals surface area contributed by atoms with Crippen molar-refractivity contribution in [2.24, 2.45) is 10.9 Å². The van der Waals surface area contributed by atoms with Crippen molar-refractivity contribution in [3.05, 3.63) is 0 Å². The van der Waals surface area contributed by atoms with Crippen molar-refractivity contribution in [1.82, 2.24) is 5.32 Å². The predicted molar refractivity (Wildman–Crippen MR) is 53.7 cm³/mol. The lowest BCUT2D eigenvalue weighted by molar-refractivity contribution is -0.120. The van der Waals surface area contributed by atoms with E-state index in [2.05, 4.69) is 31.1 Å². The van der Waals surface area contributed by atoms with E-state index in [1.54, 1.807) is 0 Å². The minimum Gasteiger partial charge on any atom is -0.312 e. The van der Waals surface area contributed by atoms with Crippen LogP contribution in [0.3, 0.4) is 0 Å². The first kappa shape index (κ1) is 10.2. The Bertz CT molecular complexity index is 223. The summed E-state index contributed by atoms with van der Waals surface area (Å²) in [5.41, 5.74) is 0. The van der Waals surface area contributed by atoms with E-state index in [0.717, 1.165) is 25.1 Å². The van der Waals surface area contributed by atoms with Crippen molar-refractivity contribution >= 4 is 11.7 Å². The summed E-state index contributed by atoms with van der Waals surface area (Å²) in [5, 5.41) is 2.85. The number of rotatable bonds is 4. The molecule has 0 saturated carbocycles. The second-order valence-electron chi connectivity index (χ2n) is 3.62. The van der Waals surface area contributed by atoms with Gasteiger partial charge in [-0.05, 0) is 12.8 Å². The highest BCUT2D eigenvalue weighted by Gasteiger charge is 2.26. The van der Waals surface area contributed by atoms with Crippen LogP contribution in [-0.2, 0) is 4.79 Å². The quantitative estimate of drug-likeness (QED) is 0.706. The van der Waals surface area contributed by atoms with Crippen LogP contribution >= 0.6 is 0 Å². The monoisotopic (exact) mass is 182 g/mol. The zero-order valence-corrected chi connectivity index (χ0v) is 8.63. The maximum Gasteiger partial charge on any atom is 0.250 e. The molecule has 0 saturated heterocycles. The van der Waals surface area contributed by atoms with Gasteiger partial charge in [0.2, 0.25) is 5.91 Å². The third-order valence-corrected chi connectivity index (χ3v) is 2.49. The van der Waals surface area contributed by atoms with E-state index in [1.165, 1.54) is 0 Å². The molecule has 1 amide bonds. The largest absolute Gasteiger partial charge is 0.312 e. The Morgan fingerprint density at radius 2 is 2.23 bits per heavy atom. The van der Waals surface area contributed by atoms with E-state index in [9.17, 15) is 4.79 Å². The second kappa shape index (κ2) is 4.40. The number of nitrogens with one attached hydrogen (secondary N) is 1. The standard InChI is InChI=1S/C10H18N2O/c1-4-6-8-10(13)12-9(11-8)7(3)5-2/h7-8H,4-6H2,1-3H3,(H,11,12,13). The molecule has 0 aromatic carbocycles. The van der Waals surface area contributed by atoms with Crippen LogP contribution in [0.25, 0.3) is 0 Å². The van der Waals surface area contributed by atoms with E-state index in [0.29, 0.717) is 5.92 Å². The zero-order chi connectivity index (χ0) is 9.84. The predicted octanol–water partition coefficient (Wildman–Crippen LogP) is 1.73. The number of carbonyl (C=O) groups excluding carboxylic acids is 1. The lowest BCUT2D eigenvalue weighted by atomic mass is 10.1. The van der Waals surface area contributed by atoms with Gasteiger partial charge in [0, 0.05) is 5.92 Å². The molecule has 0 bridgehead atoms. The molecule has 2 unspecified atom stereocenters. The molecule has 2 atom stereocenters. The Morgan fingerprint density at radius 1 is 1.54 bits per heavy atom. The van der Waals surface area contributed by atoms with Crippen LogP contribution in [0.1, 0.15) is 40.0 Å². The molecule has 74 valence electrons. The van der Waals surface area contributed by atoms with E-state index >= 15 is 0 Å². The lowest BCUT2D eigenvalue weighted by Crippen LogP contribution is -2.31. The topological polar surface area (TPSA) is 41.5 Å². The first-order chi connectivity index (χ1) is 6.19. The van der Waals surface area contributed by atoms with Crippen molar-refractivity contribution in [1.29, 1.82) is 0 Å². The van der Waals surface area contributed by atoms with Crippen LogP contribution in [-0.4, -0.2) is 17.8 Å². The average molecular weight is 182 g/mol. The van der Waals surface area contributed by atoms with Crippen LogP contribution in [0.5, 0.6) is 0 Å². The maximum atomic E-state index is 11.4. The molecule has 0 aromatic heterocycles. The van der Waals surface area contributed by atoms with Crippen molar-refractivity contribution in [2.75, 3.05) is 0 Å². The van der Waals surface area contributed by atoms with Crippen LogP contribution < -0.4 is 5.32 Å². The fourth-order valence-electron chi connectivity index (χ4n) is 1.38. The summed E-state index contributed by atoms with van der Waals surface area (Å²) in [7, 11) is 0. The number of hydrogen-bond acceptors (Lipinski definition) is 2. The van der Waals surface area contributed by atoms with Crippen LogP contribution in [0.15, 0.2) is 4.99 Å². The summed E-state index contributed by atoms with van der Waals surface area (Å²) >= 11 is 0. The van der Waals surface area contributed by atoms with E-state index in [1.807, 2.05) is 0 Å². The fourth-order valence-corrected chi connectivity index (χ4v) is 1.38. The van der Waals surface area contributed by atoms with Crippen LogP contribution in [0, 0.1) is 5.92 Å². The summed E-state index contributed by atoms with van der Waals surface area (Å²) in [6, 6.07) is -0.117. The number of aliphatic imine (C=N–C) groups is 1. The number of carbonyl (C=O) groups is 1. The summed E-state index contributed by atoms with van der Waals surface area (Å²) < 4.78 is 0. The molecule has 0 fully saturated rings. The molecule has 1 rings (SSSR count). The molecule has 13 heavy (non-hydrogen) atoms. The van der Waals surface area contributed by atoms with Gasteiger partial charge in [-0.15, -0.1) is 0 Å². The van der Waals surface area contributed by atoms with E-state index < -0.39 is 0 Å². The van der Waals surface area contributed by atoms with E-state index in [4.69, 9.17) is 0 Å². The average Bonchev–Trinajstić information content (AvgIpc) is 2.47. The maximum absolute atomic E-state index is 11.4. The van der Waals surface area contributed by atoms with Gasteiger partial charge < -0.3 is 5.32 Å². The first-order valence-corrected chi connectivity index (χ1v) is 5.07. The normalized spacial score (nSPS) is 24.1. The fraction of sp³-hybridized carbons (Fsp3) is 0.800. The van der Waals surface area contributed by atoms with Gasteiger partial charge in [-0.2, -0.15) is 0 Å². The third kappa shape index (κ3) is 2.29. The van der Waals surface area contributed by atoms with E-state index in [-0.39, 0.29) is 11.9 Å². The SMILES string of the molecule is CCCC1N=C(C(C)CC)NC1=O. The van der Waals surface area contributed by atoms with Crippen molar-refractivity contribution < 1.29 is 4.79 Å². The Morgan fingerprint density at radius 3 is 2.77 bits per heavy atom. The molecule has 3 nitrogen and oxygen atoms in total. The molecular formula is C10H18N2O. The van der Waals surface area contributed by atoms with Gasteiger partial charge in [-0.1, -0.05) is 27.2 Å². The summed E-state index contributed by atoms with van der Waals surface area (Å²) in [6.07, 6.45) is 2.90. The summed E-state index contributed by atoms with van der Waals surface area (Å²) in [6.45, 7) is 6.27. The minimum atomic E-state index is -0.117. The highest BCUT2D eigenvalue weighted by atomic mass is 16.2. The van der Waals surface area contributed by atoms with Crippen molar-refractivity contribution in [3.8, 4) is 0 Å². The minimum absolute atomic E-state index is 0.0807. The Labute approximate surface area is 79.6 Å². The van der Waals surface area contributed by atoms with Gasteiger partial charge in [0.15, 0.2) is 0 Å². The van der Waals surface area contributed by atoms with Gasteiger partial charge in [-0.25, -0.2) is 0 Å². The number of hydrogen-bond donors (Lipinski definition) is 1. The van der Waals surface area contributed by atoms with Gasteiger partial charge >= 0.3 is 0 Å². The molecule has 1 aliphatic heterocycles. The highest BCUT2D eigenvalue weighted by Crippen LogP contribution is 2.13. The summed E-state index contributed by atoms with van der Waals surface area (Å²) in [4.78, 5) is 15.8. The molecule has 0 radical (unpaired) electrons. The van der Waals surface area contributed by atoms with Crippen LogP contribution in [0.4, 0.5) is 0 Å². The molecule has 0 spiro atoms. The van der Waals surface area contributed by atoms with Gasteiger partial charge in [-0.3, -0.25) is 9.79 Å². The smallest absolute Gasteiger partial charge is 0.250 e. The van der Waals surface area contributed by atoms with Crippen molar-refractivity contribution in [2.45, 2.75) is 46.1 Å². The van der Waals surface area contributed by atoms with Crippen molar-refractivity contribution in [3.63, 3.8) is 0 Å². The Balaban J connectivity index is 2.60. The first-order valence-electron chi connectivity index (χ1n) is 5.07. The lowest BCUT2D eigenvalue weighted by Gasteiger charge is -2.06. The molecule has 1 N–H and O–H groups in total. The molecule has 0 aromatic rings. The Hall–Kier alpha value is -0.860. The molecule has 0 aliphatic carbocycles. The third-order valence-electron chi connectivity index (χ3n) is 2.49. The number of amidine groups is 1. The molecule has 3 heteroatoms. The van der Waals surface area contributed by atoms with Gasteiger partial charge in [0.1, 0.15) is 11.9 Å². The van der Waals surface area contributed by atoms with Gasteiger partial charge in [0.05, 0.1) is 0 Å². The summed E-state index contributed by atoms with van der Waals surface area (Å²) in [5.74, 6) is 1.34. The number of nitrogens with zero attached hydrogens (tertiary/aromatic N) is 1. The molecule has 1 heterocycles. The van der Waals surface area contributed by atoms with Gasteiger partial charge in [0.25, 0.3) is 0 Å². The Kier molecular flexibility index (Phi) is 3.46.